The van der Waals surface area contributed by atoms with Gasteiger partial charge in [0.2, 0.25) is 0 Å². The third-order valence-corrected chi connectivity index (χ3v) is 3.41. The lowest BCUT2D eigenvalue weighted by Crippen LogP contribution is -2.42. The SMILES string of the molecule is C[C@@H]1CCCC[C@@H]1N[C@@H](C)CCCO. The molecule has 14 heavy (non-hydrogen) atoms. The maximum Gasteiger partial charge on any atom is 0.0431 e. The zero-order valence-electron chi connectivity index (χ0n) is 9.63. The minimum atomic E-state index is 0.326. The van der Waals surface area contributed by atoms with Gasteiger partial charge < -0.3 is 10.4 Å². The Hall–Kier alpha value is -0.0800. The van der Waals surface area contributed by atoms with Crippen LogP contribution >= 0.6 is 0 Å². The van der Waals surface area contributed by atoms with E-state index in [1.165, 1.54) is 25.7 Å². The molecule has 0 aromatic rings. The van der Waals surface area contributed by atoms with Crippen LogP contribution in [-0.4, -0.2) is 23.8 Å². The Morgan fingerprint density at radius 2 is 2.07 bits per heavy atom. The molecule has 0 aromatic carbocycles. The van der Waals surface area contributed by atoms with E-state index in [1.807, 2.05) is 0 Å². The lowest BCUT2D eigenvalue weighted by atomic mass is 9.85. The standard InChI is InChI=1S/C12H25NO/c1-10-6-3-4-8-12(10)13-11(2)7-5-9-14/h10-14H,3-9H2,1-2H3/t10-,11+,12+/m1/s1. The summed E-state index contributed by atoms with van der Waals surface area (Å²) in [6.45, 7) is 4.92. The molecule has 0 unspecified atom stereocenters. The highest BCUT2D eigenvalue weighted by Crippen LogP contribution is 2.24. The molecular weight excluding hydrogens is 174 g/mol. The smallest absolute Gasteiger partial charge is 0.0431 e. The van der Waals surface area contributed by atoms with Gasteiger partial charge >= 0.3 is 0 Å². The maximum absolute atomic E-state index is 8.75. The molecule has 1 aliphatic rings. The second-order valence-electron chi connectivity index (χ2n) is 4.80. The van der Waals surface area contributed by atoms with Gasteiger partial charge in [-0.05, 0) is 38.5 Å². The average Bonchev–Trinajstić information content (AvgIpc) is 2.18. The molecule has 2 heteroatoms. The molecule has 1 saturated carbocycles. The van der Waals surface area contributed by atoms with E-state index in [0.29, 0.717) is 12.6 Å². The number of aliphatic hydroxyl groups is 1. The van der Waals surface area contributed by atoms with Gasteiger partial charge in [-0.3, -0.25) is 0 Å². The molecule has 0 aliphatic heterocycles. The summed E-state index contributed by atoms with van der Waals surface area (Å²) in [4.78, 5) is 0. The maximum atomic E-state index is 8.75. The van der Waals surface area contributed by atoms with Crippen molar-refractivity contribution in [1.82, 2.24) is 5.32 Å². The van der Waals surface area contributed by atoms with Gasteiger partial charge in [0.1, 0.15) is 0 Å². The molecule has 84 valence electrons. The van der Waals surface area contributed by atoms with E-state index in [1.54, 1.807) is 0 Å². The minimum Gasteiger partial charge on any atom is -0.396 e. The van der Waals surface area contributed by atoms with Crippen LogP contribution in [0.3, 0.4) is 0 Å². The predicted molar refractivity (Wildman–Crippen MR) is 60.3 cm³/mol. The van der Waals surface area contributed by atoms with Gasteiger partial charge in [0.15, 0.2) is 0 Å². The third kappa shape index (κ3) is 3.97. The molecule has 3 atom stereocenters. The summed E-state index contributed by atoms with van der Waals surface area (Å²) in [5.41, 5.74) is 0. The van der Waals surface area contributed by atoms with E-state index in [2.05, 4.69) is 19.2 Å². The average molecular weight is 199 g/mol. The van der Waals surface area contributed by atoms with Gasteiger partial charge in [0, 0.05) is 18.7 Å². The van der Waals surface area contributed by atoms with Crippen molar-refractivity contribution in [2.45, 2.75) is 64.5 Å². The lowest BCUT2D eigenvalue weighted by molar-refractivity contribution is 0.241. The fourth-order valence-electron chi connectivity index (χ4n) is 2.41. The van der Waals surface area contributed by atoms with Crippen molar-refractivity contribution in [2.24, 2.45) is 5.92 Å². The summed E-state index contributed by atoms with van der Waals surface area (Å²) < 4.78 is 0. The quantitative estimate of drug-likeness (QED) is 0.712. The summed E-state index contributed by atoms with van der Waals surface area (Å²) in [6, 6.07) is 1.28. The third-order valence-electron chi connectivity index (χ3n) is 3.41. The molecule has 0 saturated heterocycles. The van der Waals surface area contributed by atoms with E-state index in [9.17, 15) is 0 Å². The molecule has 0 heterocycles. The van der Waals surface area contributed by atoms with E-state index in [0.717, 1.165) is 24.8 Å². The van der Waals surface area contributed by atoms with Crippen molar-refractivity contribution >= 4 is 0 Å². The Balaban J connectivity index is 2.20. The summed E-state index contributed by atoms with van der Waals surface area (Å²) in [6.07, 6.45) is 7.53. The summed E-state index contributed by atoms with van der Waals surface area (Å²) in [5, 5.41) is 12.4. The van der Waals surface area contributed by atoms with E-state index in [4.69, 9.17) is 5.11 Å². The first-order valence-corrected chi connectivity index (χ1v) is 6.11. The summed E-state index contributed by atoms with van der Waals surface area (Å²) in [5.74, 6) is 0.834. The van der Waals surface area contributed by atoms with Crippen LogP contribution in [0.2, 0.25) is 0 Å². The fraction of sp³-hybridized carbons (Fsp3) is 1.00. The molecule has 2 nitrogen and oxygen atoms in total. The molecule has 0 spiro atoms. The molecule has 1 fully saturated rings. The second kappa shape index (κ2) is 6.41. The van der Waals surface area contributed by atoms with Crippen molar-refractivity contribution in [1.29, 1.82) is 0 Å². The highest BCUT2D eigenvalue weighted by molar-refractivity contribution is 4.80. The van der Waals surface area contributed by atoms with Gasteiger partial charge in [-0.25, -0.2) is 0 Å². The summed E-state index contributed by atoms with van der Waals surface area (Å²) in [7, 11) is 0. The van der Waals surface area contributed by atoms with Crippen molar-refractivity contribution < 1.29 is 5.11 Å². The van der Waals surface area contributed by atoms with Crippen molar-refractivity contribution in [3.05, 3.63) is 0 Å². The van der Waals surface area contributed by atoms with Gasteiger partial charge in [0.05, 0.1) is 0 Å². The van der Waals surface area contributed by atoms with Crippen LogP contribution in [0.5, 0.6) is 0 Å². The molecule has 0 amide bonds. The Morgan fingerprint density at radius 1 is 1.36 bits per heavy atom. The number of nitrogens with one attached hydrogen (secondary N) is 1. The first-order valence-electron chi connectivity index (χ1n) is 6.11. The molecule has 0 radical (unpaired) electrons. The van der Waals surface area contributed by atoms with Crippen LogP contribution in [0.4, 0.5) is 0 Å². The molecule has 2 N–H and O–H groups in total. The zero-order valence-corrected chi connectivity index (χ0v) is 9.63. The highest BCUT2D eigenvalue weighted by atomic mass is 16.2. The van der Waals surface area contributed by atoms with E-state index in [-0.39, 0.29) is 0 Å². The van der Waals surface area contributed by atoms with Crippen molar-refractivity contribution in [3.63, 3.8) is 0 Å². The Labute approximate surface area is 88.1 Å². The Kier molecular flexibility index (Phi) is 5.49. The number of aliphatic hydroxyl groups excluding tert-OH is 1. The number of hydrogen-bond donors (Lipinski definition) is 2. The normalized spacial score (nSPS) is 30.2. The first-order chi connectivity index (χ1) is 6.74. The fourth-order valence-corrected chi connectivity index (χ4v) is 2.41. The molecule has 1 aliphatic carbocycles. The molecule has 0 bridgehead atoms. The number of rotatable bonds is 5. The lowest BCUT2D eigenvalue weighted by Gasteiger charge is -2.32. The van der Waals surface area contributed by atoms with Crippen LogP contribution in [0.15, 0.2) is 0 Å². The molecule has 1 rings (SSSR count). The minimum absolute atomic E-state index is 0.326. The van der Waals surface area contributed by atoms with Gasteiger partial charge in [-0.1, -0.05) is 19.8 Å². The van der Waals surface area contributed by atoms with Crippen LogP contribution in [0, 0.1) is 5.92 Å². The van der Waals surface area contributed by atoms with Crippen molar-refractivity contribution in [2.75, 3.05) is 6.61 Å². The van der Waals surface area contributed by atoms with Gasteiger partial charge in [-0.15, -0.1) is 0 Å². The predicted octanol–water partition coefficient (Wildman–Crippen LogP) is 2.32. The molecule has 0 aromatic heterocycles. The van der Waals surface area contributed by atoms with E-state index < -0.39 is 0 Å². The number of hydrogen-bond acceptors (Lipinski definition) is 2. The monoisotopic (exact) mass is 199 g/mol. The topological polar surface area (TPSA) is 32.3 Å². The Morgan fingerprint density at radius 3 is 2.71 bits per heavy atom. The molecular formula is C12H25NO. The van der Waals surface area contributed by atoms with Gasteiger partial charge in [0.25, 0.3) is 0 Å². The van der Waals surface area contributed by atoms with Crippen LogP contribution in [-0.2, 0) is 0 Å². The first kappa shape index (κ1) is 12.0. The van der Waals surface area contributed by atoms with E-state index >= 15 is 0 Å². The van der Waals surface area contributed by atoms with Gasteiger partial charge in [-0.2, -0.15) is 0 Å². The Bertz CT molecular complexity index is 149. The van der Waals surface area contributed by atoms with Crippen molar-refractivity contribution in [3.8, 4) is 0 Å². The van der Waals surface area contributed by atoms with Crippen LogP contribution in [0.1, 0.15) is 52.4 Å². The zero-order chi connectivity index (χ0) is 10.4. The second-order valence-corrected chi connectivity index (χ2v) is 4.80. The highest BCUT2D eigenvalue weighted by Gasteiger charge is 2.21. The van der Waals surface area contributed by atoms with Crippen LogP contribution < -0.4 is 5.32 Å². The largest absolute Gasteiger partial charge is 0.396 e. The summed E-state index contributed by atoms with van der Waals surface area (Å²) >= 11 is 0. The van der Waals surface area contributed by atoms with Crippen LogP contribution in [0.25, 0.3) is 0 Å².